The first-order valence-electron chi connectivity index (χ1n) is 11.6. The van der Waals surface area contributed by atoms with Crippen molar-refractivity contribution in [2.24, 2.45) is 46.3 Å². The van der Waals surface area contributed by atoms with Gasteiger partial charge in [-0.2, -0.15) is 0 Å². The van der Waals surface area contributed by atoms with Crippen LogP contribution in [0.5, 0.6) is 0 Å². The molecule has 4 fully saturated rings. The van der Waals surface area contributed by atoms with E-state index in [0.29, 0.717) is 41.8 Å². The molecule has 4 saturated carbocycles. The quantitative estimate of drug-likeness (QED) is 0.757. The van der Waals surface area contributed by atoms with Crippen LogP contribution in [0.1, 0.15) is 85.5 Å². The van der Waals surface area contributed by atoms with Gasteiger partial charge >= 0.3 is 0 Å². The van der Waals surface area contributed by atoms with Gasteiger partial charge in [-0.05, 0) is 79.4 Å². The van der Waals surface area contributed by atoms with Crippen LogP contribution in [0.25, 0.3) is 0 Å². The first-order chi connectivity index (χ1) is 12.7. The summed E-state index contributed by atoms with van der Waals surface area (Å²) in [7, 11) is 0. The molecule has 2 N–H and O–H groups in total. The predicted molar refractivity (Wildman–Crippen MR) is 107 cm³/mol. The van der Waals surface area contributed by atoms with Gasteiger partial charge in [0.15, 0.2) is 0 Å². The second-order valence-corrected chi connectivity index (χ2v) is 11.1. The third kappa shape index (κ3) is 2.78. The van der Waals surface area contributed by atoms with Gasteiger partial charge in [-0.15, -0.1) is 0 Å². The molecule has 0 heterocycles. The molecule has 0 aromatic carbocycles. The Morgan fingerprint density at radius 1 is 1.11 bits per heavy atom. The highest BCUT2D eigenvalue weighted by molar-refractivity contribution is 5.87. The zero-order valence-corrected chi connectivity index (χ0v) is 17.8. The van der Waals surface area contributed by atoms with Crippen LogP contribution in [-0.4, -0.2) is 28.2 Å². The van der Waals surface area contributed by atoms with E-state index >= 15 is 0 Å². The molecule has 0 radical (unpaired) electrons. The Balaban J connectivity index is 1.67. The summed E-state index contributed by atoms with van der Waals surface area (Å²) >= 11 is 0. The first kappa shape index (κ1) is 19.9. The second kappa shape index (κ2) is 6.83. The summed E-state index contributed by atoms with van der Waals surface area (Å²) < 4.78 is 0. The Labute approximate surface area is 165 Å². The van der Waals surface area contributed by atoms with Crippen molar-refractivity contribution in [2.45, 2.75) is 97.7 Å². The monoisotopic (exact) mass is 376 g/mol. The van der Waals surface area contributed by atoms with Crippen LogP contribution in [0.15, 0.2) is 0 Å². The van der Waals surface area contributed by atoms with E-state index in [1.165, 1.54) is 12.8 Å². The molecule has 1 unspecified atom stereocenters. The van der Waals surface area contributed by atoms with Crippen LogP contribution in [0.2, 0.25) is 0 Å². The average Bonchev–Trinajstić information content (AvgIpc) is 2.96. The molecule has 27 heavy (non-hydrogen) atoms. The molecule has 3 nitrogen and oxygen atoms in total. The largest absolute Gasteiger partial charge is 0.393 e. The van der Waals surface area contributed by atoms with Crippen molar-refractivity contribution in [3.63, 3.8) is 0 Å². The second-order valence-electron chi connectivity index (χ2n) is 11.1. The number of carbonyl (C=O) groups excluding carboxylic acids is 1. The Hall–Kier alpha value is -0.410. The van der Waals surface area contributed by atoms with E-state index in [1.54, 1.807) is 0 Å². The summed E-state index contributed by atoms with van der Waals surface area (Å²) in [6.07, 6.45) is 8.31. The molecular formula is C24H40O3. The summed E-state index contributed by atoms with van der Waals surface area (Å²) in [5.41, 5.74) is -0.110. The Morgan fingerprint density at radius 2 is 1.85 bits per heavy atom. The molecule has 0 aliphatic heterocycles. The molecule has 0 aromatic heterocycles. The van der Waals surface area contributed by atoms with E-state index in [4.69, 9.17) is 0 Å². The van der Waals surface area contributed by atoms with Crippen LogP contribution >= 0.6 is 0 Å². The highest BCUT2D eigenvalue weighted by Crippen LogP contribution is 2.67. The standard InChI is InChI=1S/C24H40O3/c1-5-6-14(2)17-7-8-18-22-19(13-21(27)24(17,18)4)23(3)10-9-16(25)11-15(23)12-20(22)26/h14-20,22,25-26H,5-13H2,1-4H3/t14?,15-,16+,17+,18-,19-,20-,22-,23-,24+/m0/s1. The summed E-state index contributed by atoms with van der Waals surface area (Å²) in [6.45, 7) is 9.21. The van der Waals surface area contributed by atoms with Crippen LogP contribution in [0.3, 0.4) is 0 Å². The number of aliphatic hydroxyl groups is 2. The zero-order chi connectivity index (χ0) is 19.6. The molecule has 0 amide bonds. The SMILES string of the molecule is CCCC(C)[C@H]1CC[C@H]2[C@@H]3[C@@H](O)C[C@@H]4C[C@H](O)CC[C@]4(C)[C@H]3CC(=O)[C@]12C. The highest BCUT2D eigenvalue weighted by atomic mass is 16.3. The van der Waals surface area contributed by atoms with Gasteiger partial charge in [0, 0.05) is 11.8 Å². The molecule has 0 aromatic rings. The van der Waals surface area contributed by atoms with Crippen molar-refractivity contribution in [1.82, 2.24) is 0 Å². The minimum atomic E-state index is -0.295. The normalized spacial score (nSPS) is 53.4. The molecular weight excluding hydrogens is 336 g/mol. The van der Waals surface area contributed by atoms with E-state index in [-0.39, 0.29) is 29.0 Å². The highest BCUT2D eigenvalue weighted by Gasteiger charge is 2.65. The summed E-state index contributed by atoms with van der Waals surface area (Å²) in [4.78, 5) is 13.6. The molecule has 0 spiro atoms. The number of hydrogen-bond acceptors (Lipinski definition) is 3. The van der Waals surface area contributed by atoms with E-state index in [9.17, 15) is 15.0 Å². The molecule has 0 saturated heterocycles. The third-order valence-electron chi connectivity index (χ3n) is 10.0. The Bertz CT molecular complexity index is 588. The van der Waals surface area contributed by atoms with Gasteiger partial charge in [0.2, 0.25) is 0 Å². The van der Waals surface area contributed by atoms with Gasteiger partial charge in [0.25, 0.3) is 0 Å². The zero-order valence-electron chi connectivity index (χ0n) is 17.8. The minimum absolute atomic E-state index is 0.118. The predicted octanol–water partition coefficient (Wildman–Crippen LogP) is 4.59. The van der Waals surface area contributed by atoms with Crippen LogP contribution in [0.4, 0.5) is 0 Å². The molecule has 0 bridgehead atoms. The summed E-state index contributed by atoms with van der Waals surface area (Å²) in [6, 6.07) is 0. The van der Waals surface area contributed by atoms with Crippen molar-refractivity contribution in [1.29, 1.82) is 0 Å². The average molecular weight is 377 g/mol. The molecule has 4 rings (SSSR count). The number of carbonyl (C=O) groups is 1. The van der Waals surface area contributed by atoms with Gasteiger partial charge < -0.3 is 10.2 Å². The van der Waals surface area contributed by atoms with E-state index < -0.39 is 0 Å². The number of fused-ring (bicyclic) bond motifs is 5. The number of aliphatic hydroxyl groups excluding tert-OH is 2. The lowest BCUT2D eigenvalue weighted by Gasteiger charge is -2.61. The third-order valence-corrected chi connectivity index (χ3v) is 10.0. The van der Waals surface area contributed by atoms with Crippen LogP contribution < -0.4 is 0 Å². The fourth-order valence-electron chi connectivity index (χ4n) is 8.52. The topological polar surface area (TPSA) is 57.5 Å². The van der Waals surface area contributed by atoms with Crippen molar-refractivity contribution in [2.75, 3.05) is 0 Å². The van der Waals surface area contributed by atoms with Gasteiger partial charge in [0.1, 0.15) is 5.78 Å². The van der Waals surface area contributed by atoms with Crippen molar-refractivity contribution in [3.05, 3.63) is 0 Å². The lowest BCUT2D eigenvalue weighted by Crippen LogP contribution is -2.61. The fraction of sp³-hybridized carbons (Fsp3) is 0.958. The number of hydrogen-bond donors (Lipinski definition) is 2. The van der Waals surface area contributed by atoms with Crippen LogP contribution in [-0.2, 0) is 4.79 Å². The molecule has 154 valence electrons. The lowest BCUT2D eigenvalue weighted by molar-refractivity contribution is -0.181. The minimum Gasteiger partial charge on any atom is -0.393 e. The van der Waals surface area contributed by atoms with Crippen molar-refractivity contribution >= 4 is 5.78 Å². The fourth-order valence-corrected chi connectivity index (χ4v) is 8.52. The molecule has 3 heteroatoms. The maximum atomic E-state index is 13.6. The first-order valence-corrected chi connectivity index (χ1v) is 11.6. The maximum Gasteiger partial charge on any atom is 0.139 e. The van der Waals surface area contributed by atoms with E-state index in [1.807, 2.05) is 0 Å². The van der Waals surface area contributed by atoms with Gasteiger partial charge in [-0.3, -0.25) is 4.79 Å². The summed E-state index contributed by atoms with van der Waals surface area (Å²) in [5, 5.41) is 21.4. The smallest absolute Gasteiger partial charge is 0.139 e. The van der Waals surface area contributed by atoms with Gasteiger partial charge in [-0.1, -0.05) is 40.5 Å². The molecule has 10 atom stereocenters. The number of Topliss-reactive ketones (excluding diaryl/α,β-unsaturated/α-hetero) is 1. The number of ketones is 1. The molecule has 4 aliphatic rings. The Morgan fingerprint density at radius 3 is 2.56 bits per heavy atom. The van der Waals surface area contributed by atoms with E-state index in [2.05, 4.69) is 27.7 Å². The van der Waals surface area contributed by atoms with Crippen molar-refractivity contribution in [3.8, 4) is 0 Å². The van der Waals surface area contributed by atoms with Gasteiger partial charge in [0.05, 0.1) is 12.2 Å². The van der Waals surface area contributed by atoms with Gasteiger partial charge in [-0.25, -0.2) is 0 Å². The maximum absolute atomic E-state index is 13.6. The van der Waals surface area contributed by atoms with E-state index in [0.717, 1.165) is 38.5 Å². The number of rotatable bonds is 3. The Kier molecular flexibility index (Phi) is 5.03. The van der Waals surface area contributed by atoms with Crippen molar-refractivity contribution < 1.29 is 15.0 Å². The van der Waals surface area contributed by atoms with Crippen LogP contribution in [0, 0.1) is 46.3 Å². The molecule has 4 aliphatic carbocycles. The lowest BCUT2D eigenvalue weighted by atomic mass is 9.43. The summed E-state index contributed by atoms with van der Waals surface area (Å²) in [5.74, 6) is 2.88.